The van der Waals surface area contributed by atoms with Crippen LogP contribution in [0.15, 0.2) is 42.5 Å². The zero-order valence-electron chi connectivity index (χ0n) is 16.4. The fourth-order valence-corrected chi connectivity index (χ4v) is 3.77. The van der Waals surface area contributed by atoms with Gasteiger partial charge in [-0.1, -0.05) is 29.3 Å². The number of carbonyl (C=O) groups is 1. The Labute approximate surface area is 182 Å². The maximum Gasteiger partial charge on any atom is 0.236 e. The van der Waals surface area contributed by atoms with Crippen LogP contribution in [0.5, 0.6) is 0 Å². The Balaban J connectivity index is 1.52. The number of hydrogen-bond donors (Lipinski definition) is 0. The van der Waals surface area contributed by atoms with E-state index in [0.717, 1.165) is 43.9 Å². The van der Waals surface area contributed by atoms with Gasteiger partial charge in [-0.3, -0.25) is 9.69 Å². The van der Waals surface area contributed by atoms with E-state index in [2.05, 4.69) is 15.9 Å². The first-order valence-electron chi connectivity index (χ1n) is 9.61. The molecule has 2 aromatic rings. The van der Waals surface area contributed by atoms with E-state index in [9.17, 15) is 4.79 Å². The third kappa shape index (κ3) is 5.86. The Morgan fingerprint density at radius 1 is 1.07 bits per heavy atom. The molecule has 0 N–H and O–H groups in total. The van der Waals surface area contributed by atoms with Crippen molar-refractivity contribution in [1.29, 1.82) is 5.26 Å². The van der Waals surface area contributed by atoms with Crippen molar-refractivity contribution in [2.75, 3.05) is 44.7 Å². The lowest BCUT2D eigenvalue weighted by atomic mass is 10.2. The molecule has 0 aromatic heterocycles. The Morgan fingerprint density at radius 2 is 1.83 bits per heavy atom. The quantitative estimate of drug-likeness (QED) is 0.717. The van der Waals surface area contributed by atoms with Crippen molar-refractivity contribution < 1.29 is 4.79 Å². The van der Waals surface area contributed by atoms with Gasteiger partial charge in [0.1, 0.15) is 0 Å². The van der Waals surface area contributed by atoms with Gasteiger partial charge < -0.3 is 9.80 Å². The smallest absolute Gasteiger partial charge is 0.236 e. The number of halogens is 2. The minimum absolute atomic E-state index is 0.0860. The van der Waals surface area contributed by atoms with E-state index in [1.165, 1.54) is 0 Å². The van der Waals surface area contributed by atoms with Gasteiger partial charge >= 0.3 is 0 Å². The van der Waals surface area contributed by atoms with Gasteiger partial charge in [0, 0.05) is 45.5 Å². The zero-order valence-corrected chi connectivity index (χ0v) is 18.0. The molecule has 5 nitrogen and oxygen atoms in total. The van der Waals surface area contributed by atoms with Gasteiger partial charge in [0.2, 0.25) is 5.91 Å². The van der Waals surface area contributed by atoms with Gasteiger partial charge in [-0.25, -0.2) is 0 Å². The average molecular weight is 431 g/mol. The SMILES string of the molecule is CN(Cc1ccc(Cl)c(Cl)c1)C(=O)CN1CCCN(c2ccc(C#N)cc2)CC1. The molecule has 0 unspecified atom stereocenters. The molecule has 0 atom stereocenters. The number of amides is 1. The first kappa shape index (κ1) is 21.4. The summed E-state index contributed by atoms with van der Waals surface area (Å²) < 4.78 is 0. The Morgan fingerprint density at radius 3 is 2.52 bits per heavy atom. The molecular formula is C22H24Cl2N4O. The highest BCUT2D eigenvalue weighted by Crippen LogP contribution is 2.23. The molecule has 2 aromatic carbocycles. The summed E-state index contributed by atoms with van der Waals surface area (Å²) >= 11 is 12.0. The molecule has 0 spiro atoms. The van der Waals surface area contributed by atoms with Crippen molar-refractivity contribution in [1.82, 2.24) is 9.80 Å². The van der Waals surface area contributed by atoms with E-state index in [0.29, 0.717) is 28.7 Å². The normalized spacial score (nSPS) is 14.9. The molecule has 0 saturated carbocycles. The summed E-state index contributed by atoms with van der Waals surface area (Å²) in [7, 11) is 1.81. The molecule has 1 saturated heterocycles. The van der Waals surface area contributed by atoms with Gasteiger partial charge in [0.25, 0.3) is 0 Å². The highest BCUT2D eigenvalue weighted by atomic mass is 35.5. The van der Waals surface area contributed by atoms with Crippen molar-refractivity contribution in [2.24, 2.45) is 0 Å². The summed E-state index contributed by atoms with van der Waals surface area (Å²) in [5.41, 5.74) is 2.74. The number of benzene rings is 2. The minimum atomic E-state index is 0.0860. The van der Waals surface area contributed by atoms with Gasteiger partial charge in [0.15, 0.2) is 0 Å². The van der Waals surface area contributed by atoms with Crippen LogP contribution >= 0.6 is 23.2 Å². The second-order valence-electron chi connectivity index (χ2n) is 7.27. The maximum absolute atomic E-state index is 12.7. The van der Waals surface area contributed by atoms with Crippen LogP contribution in [0.25, 0.3) is 0 Å². The maximum atomic E-state index is 12.7. The van der Waals surface area contributed by atoms with E-state index in [-0.39, 0.29) is 5.91 Å². The first-order valence-corrected chi connectivity index (χ1v) is 10.4. The molecule has 3 rings (SSSR count). The predicted octanol–water partition coefficient (Wildman–Crippen LogP) is 4.04. The fourth-order valence-electron chi connectivity index (χ4n) is 3.45. The zero-order chi connectivity index (χ0) is 20.8. The van der Waals surface area contributed by atoms with Crippen LogP contribution in [0.3, 0.4) is 0 Å². The van der Waals surface area contributed by atoms with Crippen LogP contribution in [-0.2, 0) is 11.3 Å². The Kier molecular flexibility index (Phi) is 7.38. The first-order chi connectivity index (χ1) is 14.0. The highest BCUT2D eigenvalue weighted by Gasteiger charge is 2.19. The minimum Gasteiger partial charge on any atom is -0.370 e. The molecule has 1 amide bonds. The third-order valence-electron chi connectivity index (χ3n) is 5.14. The summed E-state index contributed by atoms with van der Waals surface area (Å²) in [4.78, 5) is 18.9. The van der Waals surface area contributed by atoms with Gasteiger partial charge in [0.05, 0.1) is 28.2 Å². The summed E-state index contributed by atoms with van der Waals surface area (Å²) in [6.45, 7) is 4.41. The lowest BCUT2D eigenvalue weighted by Crippen LogP contribution is -2.40. The largest absolute Gasteiger partial charge is 0.370 e. The van der Waals surface area contributed by atoms with E-state index in [4.69, 9.17) is 28.5 Å². The molecule has 1 aliphatic heterocycles. The lowest BCUT2D eigenvalue weighted by Gasteiger charge is -2.25. The third-order valence-corrected chi connectivity index (χ3v) is 5.88. The van der Waals surface area contributed by atoms with Crippen molar-refractivity contribution >= 4 is 34.8 Å². The number of nitrogens with zero attached hydrogens (tertiary/aromatic N) is 4. The average Bonchev–Trinajstić information content (AvgIpc) is 2.96. The molecule has 1 aliphatic rings. The molecule has 0 radical (unpaired) electrons. The molecule has 0 bridgehead atoms. The summed E-state index contributed by atoms with van der Waals surface area (Å²) in [6, 6.07) is 15.3. The van der Waals surface area contributed by atoms with Crippen LogP contribution in [0, 0.1) is 11.3 Å². The topological polar surface area (TPSA) is 50.6 Å². The van der Waals surface area contributed by atoms with Crippen molar-refractivity contribution in [3.8, 4) is 6.07 Å². The Hall–Kier alpha value is -2.26. The van der Waals surface area contributed by atoms with E-state index in [1.807, 2.05) is 37.4 Å². The number of carbonyl (C=O) groups excluding carboxylic acids is 1. The van der Waals surface area contributed by atoms with Crippen molar-refractivity contribution in [2.45, 2.75) is 13.0 Å². The van der Waals surface area contributed by atoms with Crippen LogP contribution in [0.4, 0.5) is 5.69 Å². The predicted molar refractivity (Wildman–Crippen MR) is 117 cm³/mol. The second kappa shape index (κ2) is 9.98. The summed E-state index contributed by atoms with van der Waals surface area (Å²) in [6.07, 6.45) is 0.990. The lowest BCUT2D eigenvalue weighted by molar-refractivity contribution is -0.131. The molecule has 29 heavy (non-hydrogen) atoms. The number of nitriles is 1. The van der Waals surface area contributed by atoms with E-state index in [1.54, 1.807) is 17.0 Å². The number of rotatable bonds is 5. The molecule has 1 heterocycles. The summed E-state index contributed by atoms with van der Waals surface area (Å²) in [5.74, 6) is 0.0860. The molecule has 0 aliphatic carbocycles. The summed E-state index contributed by atoms with van der Waals surface area (Å²) in [5, 5.41) is 9.96. The second-order valence-corrected chi connectivity index (χ2v) is 8.09. The van der Waals surface area contributed by atoms with Crippen LogP contribution in [0.2, 0.25) is 10.0 Å². The molecule has 1 fully saturated rings. The fraction of sp³-hybridized carbons (Fsp3) is 0.364. The van der Waals surface area contributed by atoms with Crippen molar-refractivity contribution in [3.63, 3.8) is 0 Å². The van der Waals surface area contributed by atoms with Gasteiger partial charge in [-0.2, -0.15) is 5.26 Å². The van der Waals surface area contributed by atoms with Crippen LogP contribution in [-0.4, -0.2) is 55.5 Å². The van der Waals surface area contributed by atoms with Crippen molar-refractivity contribution in [3.05, 3.63) is 63.6 Å². The number of likely N-dealkylation sites (N-methyl/N-ethyl adjacent to an activating group) is 1. The van der Waals surface area contributed by atoms with E-state index >= 15 is 0 Å². The van der Waals surface area contributed by atoms with Gasteiger partial charge in [-0.15, -0.1) is 0 Å². The monoisotopic (exact) mass is 430 g/mol. The molecule has 152 valence electrons. The Bertz CT molecular complexity index is 895. The standard InChI is InChI=1S/C22H24Cl2N4O/c1-26(15-18-5-8-20(23)21(24)13-18)22(29)16-27-9-2-10-28(12-11-27)19-6-3-17(14-25)4-7-19/h3-8,13H,2,9-12,15-16H2,1H3. The van der Waals surface area contributed by atoms with Gasteiger partial charge in [-0.05, 0) is 48.4 Å². The van der Waals surface area contributed by atoms with Crippen LogP contribution in [0.1, 0.15) is 17.5 Å². The van der Waals surface area contributed by atoms with E-state index < -0.39 is 0 Å². The highest BCUT2D eigenvalue weighted by molar-refractivity contribution is 6.42. The molecule has 7 heteroatoms. The van der Waals surface area contributed by atoms with Crippen LogP contribution < -0.4 is 4.90 Å². The number of anilines is 1. The molecular weight excluding hydrogens is 407 g/mol. The number of hydrogen-bond acceptors (Lipinski definition) is 4.